The molecule has 0 spiro atoms. The van der Waals surface area contributed by atoms with E-state index < -0.39 is 38.6 Å². The first-order valence-corrected chi connectivity index (χ1v) is 10.1. The van der Waals surface area contributed by atoms with E-state index in [0.717, 1.165) is 24.1 Å². The van der Waals surface area contributed by atoms with E-state index in [0.29, 0.717) is 19.0 Å². The van der Waals surface area contributed by atoms with Gasteiger partial charge in [0.05, 0.1) is 16.5 Å². The Kier molecular flexibility index (Phi) is 7.20. The van der Waals surface area contributed by atoms with E-state index in [-0.39, 0.29) is 0 Å². The maximum absolute atomic E-state index is 13.0. The fourth-order valence-corrected chi connectivity index (χ4v) is 4.02. The van der Waals surface area contributed by atoms with Crippen molar-refractivity contribution in [3.8, 4) is 0 Å². The lowest BCUT2D eigenvalue weighted by molar-refractivity contribution is -0.139. The van der Waals surface area contributed by atoms with Crippen LogP contribution in [0.1, 0.15) is 24.5 Å². The van der Waals surface area contributed by atoms with E-state index >= 15 is 0 Å². The van der Waals surface area contributed by atoms with Gasteiger partial charge in [-0.1, -0.05) is 42.5 Å². The maximum atomic E-state index is 13.0. The van der Waals surface area contributed by atoms with Gasteiger partial charge in [0, 0.05) is 6.54 Å². The van der Waals surface area contributed by atoms with Crippen molar-refractivity contribution in [1.29, 1.82) is 0 Å². The molecule has 0 aliphatic rings. The standard InChI is InChI=1S/C19H21F3N2O3S/c1-14(18(25)23-13-7-10-15-8-3-2-4-9-15)24-28(26,27)17-12-6-5-11-16(17)19(20,21)22/h2-6,8-9,11-12,14,24H,7,10,13H2,1H3,(H,23,25)/t14-/m0/s1. The second-order valence-corrected chi connectivity index (χ2v) is 7.90. The number of sulfonamides is 1. The molecule has 0 saturated carbocycles. The molecule has 2 aromatic rings. The summed E-state index contributed by atoms with van der Waals surface area (Å²) in [6.45, 7) is 1.60. The van der Waals surface area contributed by atoms with Crippen LogP contribution in [-0.4, -0.2) is 26.9 Å². The van der Waals surface area contributed by atoms with Crippen molar-refractivity contribution >= 4 is 15.9 Å². The maximum Gasteiger partial charge on any atom is 0.417 e. The van der Waals surface area contributed by atoms with Gasteiger partial charge in [-0.25, -0.2) is 8.42 Å². The average Bonchev–Trinajstić information content (AvgIpc) is 2.65. The number of alkyl halides is 3. The van der Waals surface area contributed by atoms with Crippen LogP contribution in [-0.2, 0) is 27.4 Å². The number of carbonyl (C=O) groups excluding carboxylic acids is 1. The molecule has 0 aliphatic heterocycles. The number of nitrogens with one attached hydrogen (secondary N) is 2. The number of rotatable bonds is 8. The Morgan fingerprint density at radius 2 is 1.64 bits per heavy atom. The summed E-state index contributed by atoms with van der Waals surface area (Å²) in [6.07, 6.45) is -3.44. The van der Waals surface area contributed by atoms with Crippen molar-refractivity contribution in [3.05, 3.63) is 65.7 Å². The van der Waals surface area contributed by atoms with Crippen molar-refractivity contribution in [2.45, 2.75) is 36.9 Å². The van der Waals surface area contributed by atoms with E-state index in [9.17, 15) is 26.4 Å². The summed E-state index contributed by atoms with van der Waals surface area (Å²) in [5.74, 6) is -0.610. The Morgan fingerprint density at radius 3 is 2.29 bits per heavy atom. The minimum atomic E-state index is -4.83. The van der Waals surface area contributed by atoms with Gasteiger partial charge in [0.2, 0.25) is 15.9 Å². The minimum Gasteiger partial charge on any atom is -0.355 e. The van der Waals surface area contributed by atoms with Gasteiger partial charge in [-0.15, -0.1) is 0 Å². The number of halogens is 3. The number of aryl methyl sites for hydroxylation is 1. The highest BCUT2D eigenvalue weighted by atomic mass is 32.2. The molecule has 2 rings (SSSR count). The van der Waals surface area contributed by atoms with Crippen molar-refractivity contribution in [3.63, 3.8) is 0 Å². The monoisotopic (exact) mass is 414 g/mol. The minimum absolute atomic E-state index is 0.318. The second kappa shape index (κ2) is 9.20. The van der Waals surface area contributed by atoms with Crippen LogP contribution in [0.15, 0.2) is 59.5 Å². The van der Waals surface area contributed by atoms with E-state index in [1.54, 1.807) is 0 Å². The van der Waals surface area contributed by atoms with Crippen LogP contribution in [0.2, 0.25) is 0 Å². The lowest BCUT2D eigenvalue weighted by Crippen LogP contribution is -2.45. The number of hydrogen-bond donors (Lipinski definition) is 2. The first-order valence-electron chi connectivity index (χ1n) is 8.61. The first-order chi connectivity index (χ1) is 13.1. The quantitative estimate of drug-likeness (QED) is 0.652. The lowest BCUT2D eigenvalue weighted by Gasteiger charge is -2.17. The molecule has 0 aliphatic carbocycles. The highest BCUT2D eigenvalue weighted by Gasteiger charge is 2.37. The molecule has 0 aromatic heterocycles. The SMILES string of the molecule is C[C@H](NS(=O)(=O)c1ccccc1C(F)(F)F)C(=O)NCCCc1ccccc1. The zero-order valence-corrected chi connectivity index (χ0v) is 16.0. The molecule has 5 nitrogen and oxygen atoms in total. The molecule has 1 atom stereocenters. The molecular weight excluding hydrogens is 393 g/mol. The van der Waals surface area contributed by atoms with Crippen molar-refractivity contribution in [2.75, 3.05) is 6.54 Å². The summed E-state index contributed by atoms with van der Waals surface area (Å²) in [7, 11) is -4.52. The molecule has 0 bridgehead atoms. The molecule has 2 aromatic carbocycles. The summed E-state index contributed by atoms with van der Waals surface area (Å²) in [5.41, 5.74) is -0.174. The second-order valence-electron chi connectivity index (χ2n) is 6.22. The molecule has 9 heteroatoms. The average molecular weight is 414 g/mol. The molecule has 28 heavy (non-hydrogen) atoms. The zero-order valence-electron chi connectivity index (χ0n) is 15.2. The zero-order chi connectivity index (χ0) is 20.8. The fraction of sp³-hybridized carbons (Fsp3) is 0.316. The van der Waals surface area contributed by atoms with Crippen molar-refractivity contribution in [2.24, 2.45) is 0 Å². The Hall–Kier alpha value is -2.39. The van der Waals surface area contributed by atoms with Crippen LogP contribution in [0.3, 0.4) is 0 Å². The van der Waals surface area contributed by atoms with Crippen LogP contribution >= 0.6 is 0 Å². The Bertz CT molecular complexity index is 900. The number of hydrogen-bond acceptors (Lipinski definition) is 3. The third kappa shape index (κ3) is 6.07. The summed E-state index contributed by atoms with van der Waals surface area (Å²) in [6, 6.07) is 12.2. The predicted molar refractivity (Wildman–Crippen MR) is 99.0 cm³/mol. The Morgan fingerprint density at radius 1 is 1.04 bits per heavy atom. The van der Waals surface area contributed by atoms with Gasteiger partial charge in [0.15, 0.2) is 0 Å². The molecule has 0 fully saturated rings. The van der Waals surface area contributed by atoms with Crippen LogP contribution in [0.4, 0.5) is 13.2 Å². The largest absolute Gasteiger partial charge is 0.417 e. The number of benzene rings is 2. The van der Waals surface area contributed by atoms with Crippen LogP contribution < -0.4 is 10.0 Å². The third-order valence-corrected chi connectivity index (χ3v) is 5.59. The van der Waals surface area contributed by atoms with Gasteiger partial charge >= 0.3 is 6.18 Å². The molecule has 0 heterocycles. The first kappa shape index (κ1) is 21.9. The van der Waals surface area contributed by atoms with Crippen LogP contribution in [0.25, 0.3) is 0 Å². The highest BCUT2D eigenvalue weighted by Crippen LogP contribution is 2.33. The molecular formula is C19H21F3N2O3S. The molecule has 152 valence electrons. The van der Waals surface area contributed by atoms with Gasteiger partial charge in [-0.05, 0) is 37.5 Å². The Labute approximate surface area is 162 Å². The van der Waals surface area contributed by atoms with Gasteiger partial charge in [-0.3, -0.25) is 4.79 Å². The van der Waals surface area contributed by atoms with E-state index in [4.69, 9.17) is 0 Å². The topological polar surface area (TPSA) is 75.3 Å². The van der Waals surface area contributed by atoms with E-state index in [1.807, 2.05) is 35.1 Å². The van der Waals surface area contributed by atoms with Crippen LogP contribution in [0, 0.1) is 0 Å². The third-order valence-electron chi connectivity index (χ3n) is 3.99. The van der Waals surface area contributed by atoms with Gasteiger partial charge in [-0.2, -0.15) is 17.9 Å². The van der Waals surface area contributed by atoms with Crippen molar-refractivity contribution in [1.82, 2.24) is 10.0 Å². The summed E-state index contributed by atoms with van der Waals surface area (Å²) in [5, 5.41) is 2.58. The van der Waals surface area contributed by atoms with E-state index in [1.165, 1.54) is 13.0 Å². The summed E-state index contributed by atoms with van der Waals surface area (Å²) < 4.78 is 65.8. The predicted octanol–water partition coefficient (Wildman–Crippen LogP) is 3.12. The van der Waals surface area contributed by atoms with Crippen molar-refractivity contribution < 1.29 is 26.4 Å². The molecule has 0 radical (unpaired) electrons. The summed E-state index contributed by atoms with van der Waals surface area (Å²) in [4.78, 5) is 11.2. The normalized spacial score (nSPS) is 13.1. The summed E-state index contributed by atoms with van der Waals surface area (Å²) >= 11 is 0. The van der Waals surface area contributed by atoms with Gasteiger partial charge in [0.25, 0.3) is 0 Å². The molecule has 2 N–H and O–H groups in total. The fourth-order valence-electron chi connectivity index (χ4n) is 2.59. The van der Waals surface area contributed by atoms with Crippen LogP contribution in [0.5, 0.6) is 0 Å². The smallest absolute Gasteiger partial charge is 0.355 e. The molecule has 1 amide bonds. The van der Waals surface area contributed by atoms with Gasteiger partial charge in [0.1, 0.15) is 0 Å². The molecule has 0 saturated heterocycles. The highest BCUT2D eigenvalue weighted by molar-refractivity contribution is 7.89. The number of amides is 1. The number of carbonyl (C=O) groups is 1. The van der Waals surface area contributed by atoms with E-state index in [2.05, 4.69) is 5.32 Å². The Balaban J connectivity index is 1.94. The lowest BCUT2D eigenvalue weighted by atomic mass is 10.1. The van der Waals surface area contributed by atoms with Gasteiger partial charge < -0.3 is 5.32 Å². The molecule has 0 unspecified atom stereocenters.